The Kier molecular flexibility index (Phi) is 5.67. The number of hydrogen-bond acceptors (Lipinski definition) is 2. The molecule has 3 heteroatoms. The van der Waals surface area contributed by atoms with Crippen molar-refractivity contribution in [3.8, 4) is 0 Å². The van der Waals surface area contributed by atoms with E-state index in [1.807, 2.05) is 0 Å². The highest BCUT2D eigenvalue weighted by atomic mass is 15.2. The molecule has 4 aromatic rings. The van der Waals surface area contributed by atoms with E-state index in [0.717, 1.165) is 19.6 Å². The lowest BCUT2D eigenvalue weighted by molar-refractivity contribution is 0.489. The number of fused-ring (bicyclic) bond motifs is 4. The number of aryl methyl sites for hydroxylation is 1. The standard InChI is InChI=1S/C31H37N3/c1-7-33(8-2)23-16-18-28-25(21-23)24-20-22(14-17-27(24)34(28)9-3)15-19-30-31(4,5)26-12-10-11-13-29(26)32(30)6/h10-21,30H,7-9H2,1-6H3. The fraction of sp³-hybridized carbons (Fsp3) is 0.355. The first-order chi connectivity index (χ1) is 16.4. The lowest BCUT2D eigenvalue weighted by Crippen LogP contribution is -2.37. The third-order valence-corrected chi connectivity index (χ3v) is 7.92. The van der Waals surface area contributed by atoms with E-state index in [9.17, 15) is 0 Å². The van der Waals surface area contributed by atoms with Gasteiger partial charge in [-0.3, -0.25) is 0 Å². The van der Waals surface area contributed by atoms with Crippen LogP contribution in [0.4, 0.5) is 11.4 Å². The van der Waals surface area contributed by atoms with Crippen LogP contribution < -0.4 is 9.80 Å². The summed E-state index contributed by atoms with van der Waals surface area (Å²) in [5, 5.41) is 2.69. The van der Waals surface area contributed by atoms with Gasteiger partial charge in [0, 0.05) is 65.3 Å². The molecule has 3 nitrogen and oxygen atoms in total. The molecule has 0 fully saturated rings. The average molecular weight is 452 g/mol. The SMILES string of the molecule is CCN(CC)c1ccc2c(c1)c1cc(C=CC3N(C)c4ccccc4C3(C)C)ccc1n2CC. The van der Waals surface area contributed by atoms with Crippen LogP contribution in [-0.2, 0) is 12.0 Å². The Hall–Kier alpha value is -3.20. The summed E-state index contributed by atoms with van der Waals surface area (Å²) >= 11 is 0. The van der Waals surface area contributed by atoms with Gasteiger partial charge in [-0.15, -0.1) is 0 Å². The maximum Gasteiger partial charge on any atom is 0.0565 e. The van der Waals surface area contributed by atoms with Crippen LogP contribution in [0.1, 0.15) is 45.7 Å². The van der Waals surface area contributed by atoms with Crippen LogP contribution in [0.3, 0.4) is 0 Å². The zero-order valence-electron chi connectivity index (χ0n) is 21.5. The van der Waals surface area contributed by atoms with Gasteiger partial charge in [-0.25, -0.2) is 0 Å². The molecule has 1 aliphatic rings. The Bertz CT molecular complexity index is 1370. The lowest BCUT2D eigenvalue weighted by Gasteiger charge is -2.29. The maximum absolute atomic E-state index is 2.44. The van der Waals surface area contributed by atoms with Crippen LogP contribution in [-0.4, -0.2) is 30.7 Å². The van der Waals surface area contributed by atoms with Gasteiger partial charge in [0.15, 0.2) is 0 Å². The lowest BCUT2D eigenvalue weighted by atomic mass is 9.80. The molecule has 0 amide bonds. The van der Waals surface area contributed by atoms with E-state index in [4.69, 9.17) is 0 Å². The zero-order chi connectivity index (χ0) is 24.0. The highest BCUT2D eigenvalue weighted by molar-refractivity contribution is 6.09. The molecule has 0 radical (unpaired) electrons. The van der Waals surface area contributed by atoms with Crippen molar-refractivity contribution in [2.45, 2.75) is 52.6 Å². The molecule has 0 N–H and O–H groups in total. The molecule has 1 aliphatic heterocycles. The number of rotatable bonds is 6. The molecule has 176 valence electrons. The predicted octanol–water partition coefficient (Wildman–Crippen LogP) is 7.47. The highest BCUT2D eigenvalue weighted by Crippen LogP contribution is 2.44. The number of hydrogen-bond donors (Lipinski definition) is 0. The minimum Gasteiger partial charge on any atom is -0.372 e. The molecular formula is C31H37N3. The number of anilines is 2. The van der Waals surface area contributed by atoms with E-state index in [-0.39, 0.29) is 5.41 Å². The third kappa shape index (κ3) is 3.41. The van der Waals surface area contributed by atoms with Gasteiger partial charge in [-0.05, 0) is 68.3 Å². The first-order valence-electron chi connectivity index (χ1n) is 12.7. The summed E-state index contributed by atoms with van der Waals surface area (Å²) in [6.07, 6.45) is 4.71. The van der Waals surface area contributed by atoms with E-state index >= 15 is 0 Å². The summed E-state index contributed by atoms with van der Waals surface area (Å²) in [4.78, 5) is 4.84. The van der Waals surface area contributed by atoms with Crippen LogP contribution in [0.5, 0.6) is 0 Å². The molecule has 5 rings (SSSR count). The van der Waals surface area contributed by atoms with Gasteiger partial charge in [-0.1, -0.05) is 50.3 Å². The van der Waals surface area contributed by atoms with Crippen molar-refractivity contribution in [3.63, 3.8) is 0 Å². The summed E-state index contributed by atoms with van der Waals surface area (Å²) in [5.74, 6) is 0. The molecule has 0 saturated carbocycles. The molecule has 0 bridgehead atoms. The first-order valence-corrected chi connectivity index (χ1v) is 12.7. The van der Waals surface area contributed by atoms with E-state index in [2.05, 4.69) is 129 Å². The molecule has 34 heavy (non-hydrogen) atoms. The van der Waals surface area contributed by atoms with E-state index in [1.54, 1.807) is 0 Å². The molecular weight excluding hydrogens is 414 g/mol. The number of aromatic nitrogens is 1. The van der Waals surface area contributed by atoms with Crippen LogP contribution in [0.2, 0.25) is 0 Å². The van der Waals surface area contributed by atoms with Crippen molar-refractivity contribution in [1.82, 2.24) is 4.57 Å². The fourth-order valence-corrected chi connectivity index (χ4v) is 6.03. The Morgan fingerprint density at radius 2 is 1.56 bits per heavy atom. The van der Waals surface area contributed by atoms with Gasteiger partial charge in [0.1, 0.15) is 0 Å². The molecule has 1 aromatic heterocycles. The van der Waals surface area contributed by atoms with Crippen LogP contribution in [0.25, 0.3) is 27.9 Å². The monoisotopic (exact) mass is 451 g/mol. The number of nitrogens with zero attached hydrogens (tertiary/aromatic N) is 3. The van der Waals surface area contributed by atoms with Gasteiger partial charge in [0.25, 0.3) is 0 Å². The second-order valence-corrected chi connectivity index (χ2v) is 10.0. The van der Waals surface area contributed by atoms with Crippen molar-refractivity contribution in [2.75, 3.05) is 29.9 Å². The van der Waals surface area contributed by atoms with Gasteiger partial charge >= 0.3 is 0 Å². The number of benzene rings is 3. The number of para-hydroxylation sites is 1. The second kappa shape index (κ2) is 8.54. The molecule has 0 saturated heterocycles. The maximum atomic E-state index is 2.44. The topological polar surface area (TPSA) is 11.4 Å². The molecule has 0 spiro atoms. The molecule has 3 aromatic carbocycles. The summed E-state index contributed by atoms with van der Waals surface area (Å²) in [5.41, 5.74) is 8.05. The van der Waals surface area contributed by atoms with Crippen molar-refractivity contribution >= 4 is 39.3 Å². The van der Waals surface area contributed by atoms with Crippen molar-refractivity contribution in [3.05, 3.63) is 77.9 Å². The van der Waals surface area contributed by atoms with E-state index in [0.29, 0.717) is 6.04 Å². The predicted molar refractivity (Wildman–Crippen MR) is 149 cm³/mol. The summed E-state index contributed by atoms with van der Waals surface area (Å²) in [6, 6.07) is 23.0. The smallest absolute Gasteiger partial charge is 0.0565 e. The molecule has 2 heterocycles. The number of likely N-dealkylation sites (N-methyl/N-ethyl adjacent to an activating group) is 1. The summed E-state index contributed by atoms with van der Waals surface area (Å²) in [7, 11) is 2.22. The van der Waals surface area contributed by atoms with Crippen LogP contribution >= 0.6 is 0 Å². The Balaban J connectivity index is 1.57. The van der Waals surface area contributed by atoms with Crippen molar-refractivity contribution in [2.24, 2.45) is 0 Å². The Labute approximate surface area is 204 Å². The molecule has 0 aliphatic carbocycles. The highest BCUT2D eigenvalue weighted by Gasteiger charge is 2.41. The van der Waals surface area contributed by atoms with E-state index < -0.39 is 0 Å². The molecule has 1 unspecified atom stereocenters. The minimum atomic E-state index is 0.0723. The van der Waals surface area contributed by atoms with Gasteiger partial charge in [0.05, 0.1) is 6.04 Å². The Morgan fingerprint density at radius 1 is 0.882 bits per heavy atom. The van der Waals surface area contributed by atoms with Crippen LogP contribution in [0.15, 0.2) is 66.7 Å². The van der Waals surface area contributed by atoms with Crippen molar-refractivity contribution < 1.29 is 0 Å². The third-order valence-electron chi connectivity index (χ3n) is 7.92. The Morgan fingerprint density at radius 3 is 2.24 bits per heavy atom. The van der Waals surface area contributed by atoms with Gasteiger partial charge in [0.2, 0.25) is 0 Å². The minimum absolute atomic E-state index is 0.0723. The second-order valence-electron chi connectivity index (χ2n) is 10.0. The zero-order valence-corrected chi connectivity index (χ0v) is 21.5. The first kappa shape index (κ1) is 22.6. The summed E-state index contributed by atoms with van der Waals surface area (Å²) < 4.78 is 2.44. The van der Waals surface area contributed by atoms with Crippen molar-refractivity contribution in [1.29, 1.82) is 0 Å². The normalized spacial score (nSPS) is 17.2. The van der Waals surface area contributed by atoms with E-state index in [1.165, 1.54) is 44.3 Å². The van der Waals surface area contributed by atoms with Gasteiger partial charge < -0.3 is 14.4 Å². The average Bonchev–Trinajstić information content (AvgIpc) is 3.26. The molecule has 1 atom stereocenters. The fourth-order valence-electron chi connectivity index (χ4n) is 6.03. The largest absolute Gasteiger partial charge is 0.372 e. The quantitative estimate of drug-likeness (QED) is 0.301. The summed E-state index contributed by atoms with van der Waals surface area (Å²) in [6.45, 7) is 14.4. The van der Waals surface area contributed by atoms with Crippen LogP contribution in [0, 0.1) is 0 Å². The van der Waals surface area contributed by atoms with Gasteiger partial charge in [-0.2, -0.15) is 0 Å².